The molecule has 0 saturated carbocycles. The van der Waals surface area contributed by atoms with Crippen LogP contribution in [0.3, 0.4) is 0 Å². The van der Waals surface area contributed by atoms with Gasteiger partial charge in [-0.15, -0.1) is 0 Å². The molecule has 0 saturated heterocycles. The first-order chi connectivity index (χ1) is 8.46. The molecule has 0 unspecified atom stereocenters. The molecule has 0 fully saturated rings. The maximum absolute atomic E-state index is 9.89. The number of rotatable bonds is 3. The second-order valence-electron chi connectivity index (χ2n) is 5.50. The van der Waals surface area contributed by atoms with Gasteiger partial charge in [-0.05, 0) is 43.0 Å². The highest BCUT2D eigenvalue weighted by atomic mass is 16.3. The normalized spacial score (nSPS) is 11.6. The van der Waals surface area contributed by atoms with Crippen molar-refractivity contribution in [1.29, 1.82) is 0 Å². The Hall–Kier alpha value is -1.60. The van der Waals surface area contributed by atoms with E-state index in [4.69, 9.17) is 0 Å². The molecule has 0 amide bonds. The molecule has 2 aromatic rings. The molecule has 0 aliphatic heterocycles. The molecule has 0 aliphatic rings. The smallest absolute Gasteiger partial charge is 0.0631 e. The van der Waals surface area contributed by atoms with Crippen LogP contribution in [0.2, 0.25) is 0 Å². The summed E-state index contributed by atoms with van der Waals surface area (Å²) in [7, 11) is 0. The predicted molar refractivity (Wildman–Crippen MR) is 76.6 cm³/mol. The van der Waals surface area contributed by atoms with Crippen LogP contribution < -0.4 is 0 Å². The van der Waals surface area contributed by atoms with Gasteiger partial charge in [-0.25, -0.2) is 0 Å². The molecule has 0 spiro atoms. The van der Waals surface area contributed by atoms with Gasteiger partial charge in [-0.1, -0.05) is 48.5 Å². The Morgan fingerprint density at radius 3 is 2.39 bits per heavy atom. The van der Waals surface area contributed by atoms with E-state index >= 15 is 0 Å². The van der Waals surface area contributed by atoms with Crippen molar-refractivity contribution in [3.8, 4) is 11.1 Å². The Labute approximate surface area is 109 Å². The first-order valence-corrected chi connectivity index (χ1v) is 6.33. The van der Waals surface area contributed by atoms with E-state index in [1.165, 1.54) is 22.3 Å². The maximum Gasteiger partial charge on any atom is 0.0631 e. The lowest BCUT2D eigenvalue weighted by atomic mass is 9.94. The van der Waals surface area contributed by atoms with Crippen LogP contribution in [-0.2, 0) is 6.42 Å². The Kier molecular flexibility index (Phi) is 3.53. The minimum Gasteiger partial charge on any atom is -0.390 e. The number of hydrogen-bond acceptors (Lipinski definition) is 1. The molecular formula is C17H20O. The molecule has 0 bridgehead atoms. The van der Waals surface area contributed by atoms with E-state index in [-0.39, 0.29) is 0 Å². The fourth-order valence-electron chi connectivity index (χ4n) is 2.25. The van der Waals surface area contributed by atoms with E-state index in [1.807, 2.05) is 13.8 Å². The van der Waals surface area contributed by atoms with E-state index in [2.05, 4.69) is 55.5 Å². The van der Waals surface area contributed by atoms with E-state index in [9.17, 15) is 5.11 Å². The molecule has 18 heavy (non-hydrogen) atoms. The molecule has 2 aromatic carbocycles. The number of aryl methyl sites for hydroxylation is 1. The van der Waals surface area contributed by atoms with Crippen molar-refractivity contribution in [3.05, 3.63) is 59.7 Å². The zero-order chi connectivity index (χ0) is 13.2. The lowest BCUT2D eigenvalue weighted by Gasteiger charge is -2.17. The van der Waals surface area contributed by atoms with E-state index in [0.717, 1.165) is 0 Å². The minimum absolute atomic E-state index is 0.662. The highest BCUT2D eigenvalue weighted by molar-refractivity contribution is 5.67. The molecule has 0 aromatic heterocycles. The molecule has 2 rings (SSSR count). The summed E-state index contributed by atoms with van der Waals surface area (Å²) in [6.45, 7) is 5.80. The summed E-state index contributed by atoms with van der Waals surface area (Å²) >= 11 is 0. The SMILES string of the molecule is Cc1ccccc1-c1cccc(CC(C)(C)O)c1. The van der Waals surface area contributed by atoms with Gasteiger partial charge in [0.05, 0.1) is 5.60 Å². The fraction of sp³-hybridized carbons (Fsp3) is 0.294. The van der Waals surface area contributed by atoms with Crippen LogP contribution in [0.5, 0.6) is 0 Å². The molecule has 1 heteroatoms. The van der Waals surface area contributed by atoms with Crippen molar-refractivity contribution in [1.82, 2.24) is 0 Å². The van der Waals surface area contributed by atoms with E-state index in [0.29, 0.717) is 6.42 Å². The average molecular weight is 240 g/mol. The van der Waals surface area contributed by atoms with Gasteiger partial charge in [0.15, 0.2) is 0 Å². The van der Waals surface area contributed by atoms with Crippen LogP contribution in [0.4, 0.5) is 0 Å². The zero-order valence-corrected chi connectivity index (χ0v) is 11.3. The van der Waals surface area contributed by atoms with Crippen LogP contribution in [0.1, 0.15) is 25.0 Å². The van der Waals surface area contributed by atoms with Gasteiger partial charge in [0.25, 0.3) is 0 Å². The summed E-state index contributed by atoms with van der Waals surface area (Å²) in [5.74, 6) is 0. The maximum atomic E-state index is 9.89. The second-order valence-corrected chi connectivity index (χ2v) is 5.50. The topological polar surface area (TPSA) is 20.2 Å². The summed E-state index contributed by atoms with van der Waals surface area (Å²) < 4.78 is 0. The third-order valence-electron chi connectivity index (χ3n) is 3.02. The van der Waals surface area contributed by atoms with Crippen LogP contribution >= 0.6 is 0 Å². The Morgan fingerprint density at radius 2 is 1.72 bits per heavy atom. The first kappa shape index (κ1) is 12.8. The first-order valence-electron chi connectivity index (χ1n) is 6.33. The largest absolute Gasteiger partial charge is 0.390 e. The molecule has 0 radical (unpaired) electrons. The van der Waals surface area contributed by atoms with Crippen molar-refractivity contribution in [2.45, 2.75) is 32.8 Å². The number of aliphatic hydroxyl groups is 1. The lowest BCUT2D eigenvalue weighted by molar-refractivity contribution is 0.0810. The van der Waals surface area contributed by atoms with Gasteiger partial charge in [0, 0.05) is 6.42 Å². The Bertz CT molecular complexity index is 535. The summed E-state index contributed by atoms with van der Waals surface area (Å²) in [4.78, 5) is 0. The van der Waals surface area contributed by atoms with Gasteiger partial charge in [-0.3, -0.25) is 0 Å². The van der Waals surface area contributed by atoms with Gasteiger partial charge in [-0.2, -0.15) is 0 Å². The Morgan fingerprint density at radius 1 is 1.00 bits per heavy atom. The Balaban J connectivity index is 2.36. The van der Waals surface area contributed by atoms with Crippen LogP contribution in [-0.4, -0.2) is 10.7 Å². The molecule has 0 heterocycles. The molecule has 1 N–H and O–H groups in total. The minimum atomic E-state index is -0.662. The van der Waals surface area contributed by atoms with Gasteiger partial charge >= 0.3 is 0 Å². The van der Waals surface area contributed by atoms with Crippen LogP contribution in [0.25, 0.3) is 11.1 Å². The second kappa shape index (κ2) is 4.95. The molecule has 0 aliphatic carbocycles. The highest BCUT2D eigenvalue weighted by Gasteiger charge is 2.13. The van der Waals surface area contributed by atoms with Gasteiger partial charge in [0.2, 0.25) is 0 Å². The zero-order valence-electron chi connectivity index (χ0n) is 11.3. The van der Waals surface area contributed by atoms with Crippen LogP contribution in [0, 0.1) is 6.92 Å². The van der Waals surface area contributed by atoms with Crippen molar-refractivity contribution < 1.29 is 5.11 Å². The third kappa shape index (κ3) is 3.21. The van der Waals surface area contributed by atoms with Gasteiger partial charge in [0.1, 0.15) is 0 Å². The summed E-state index contributed by atoms with van der Waals surface area (Å²) in [6.07, 6.45) is 0.673. The van der Waals surface area contributed by atoms with Crippen molar-refractivity contribution in [3.63, 3.8) is 0 Å². The van der Waals surface area contributed by atoms with Crippen molar-refractivity contribution >= 4 is 0 Å². The third-order valence-corrected chi connectivity index (χ3v) is 3.02. The predicted octanol–water partition coefficient (Wildman–Crippen LogP) is 3.98. The standard InChI is InChI=1S/C17H20O/c1-13-7-4-5-10-16(13)15-9-6-8-14(11-15)12-17(2,3)18/h4-11,18H,12H2,1-3H3. The highest BCUT2D eigenvalue weighted by Crippen LogP contribution is 2.25. The number of benzene rings is 2. The van der Waals surface area contributed by atoms with Crippen molar-refractivity contribution in [2.24, 2.45) is 0 Å². The average Bonchev–Trinajstić information content (AvgIpc) is 2.27. The van der Waals surface area contributed by atoms with E-state index in [1.54, 1.807) is 0 Å². The lowest BCUT2D eigenvalue weighted by Crippen LogP contribution is -2.21. The summed E-state index contributed by atoms with van der Waals surface area (Å²) in [6, 6.07) is 16.8. The molecule has 94 valence electrons. The van der Waals surface area contributed by atoms with Crippen molar-refractivity contribution in [2.75, 3.05) is 0 Å². The monoisotopic (exact) mass is 240 g/mol. The van der Waals surface area contributed by atoms with E-state index < -0.39 is 5.60 Å². The summed E-state index contributed by atoms with van der Waals surface area (Å²) in [5, 5.41) is 9.89. The summed E-state index contributed by atoms with van der Waals surface area (Å²) in [5.41, 5.74) is 4.26. The number of hydrogen-bond donors (Lipinski definition) is 1. The molecular weight excluding hydrogens is 220 g/mol. The quantitative estimate of drug-likeness (QED) is 0.860. The fourth-order valence-corrected chi connectivity index (χ4v) is 2.25. The van der Waals surface area contributed by atoms with Gasteiger partial charge < -0.3 is 5.11 Å². The van der Waals surface area contributed by atoms with Crippen LogP contribution in [0.15, 0.2) is 48.5 Å². The molecule has 1 nitrogen and oxygen atoms in total. The molecule has 0 atom stereocenters.